The zero-order chi connectivity index (χ0) is 16.9. The largest absolute Gasteiger partial charge is 0.330 e. The molecule has 2 heterocycles. The van der Waals surface area contributed by atoms with Crippen molar-refractivity contribution >= 4 is 22.5 Å². The van der Waals surface area contributed by atoms with Crippen LogP contribution in [0.2, 0.25) is 0 Å². The van der Waals surface area contributed by atoms with E-state index in [1.54, 1.807) is 6.20 Å². The van der Waals surface area contributed by atoms with E-state index in [9.17, 15) is 4.79 Å². The fraction of sp³-hybridized carbons (Fsp3) is 0.474. The number of nitrogens with two attached hydrogens (primary N) is 1. The Labute approximate surface area is 143 Å². The Morgan fingerprint density at radius 2 is 2.25 bits per heavy atom. The number of likely N-dealkylation sites (tertiary alicyclic amines) is 1. The molecular weight excluding hydrogens is 300 g/mol. The topological polar surface area (TPSA) is 71.2 Å². The summed E-state index contributed by atoms with van der Waals surface area (Å²) >= 11 is 0. The summed E-state index contributed by atoms with van der Waals surface area (Å²) in [5.41, 5.74) is 6.49. The predicted molar refractivity (Wildman–Crippen MR) is 97.9 cm³/mol. The average Bonchev–Trinajstić information content (AvgIpc) is 2.60. The van der Waals surface area contributed by atoms with Crippen LogP contribution in [0.1, 0.15) is 32.6 Å². The first-order valence-corrected chi connectivity index (χ1v) is 8.80. The molecule has 128 valence electrons. The van der Waals surface area contributed by atoms with Crippen molar-refractivity contribution in [2.24, 2.45) is 11.7 Å². The van der Waals surface area contributed by atoms with Crippen molar-refractivity contribution in [1.82, 2.24) is 9.88 Å². The first-order valence-electron chi connectivity index (χ1n) is 8.80. The summed E-state index contributed by atoms with van der Waals surface area (Å²) in [6.45, 7) is 3.74. The Bertz CT molecular complexity index is 703. The standard InChI is InChI=1S/C19H26N4O/c1-14-4-3-11-23(18(14)5-2-9-20)19(24)22-17-7-6-16-13-21-10-8-15(16)12-17/h6-8,10,12-14,18H,2-5,9,11,20H2,1H3,(H,22,24)/t14-,18-/m1/s1. The van der Waals surface area contributed by atoms with E-state index in [0.29, 0.717) is 12.5 Å². The van der Waals surface area contributed by atoms with Crippen molar-refractivity contribution < 1.29 is 4.79 Å². The number of aromatic nitrogens is 1. The fourth-order valence-corrected chi connectivity index (χ4v) is 3.62. The van der Waals surface area contributed by atoms with Crippen LogP contribution in [0.5, 0.6) is 0 Å². The van der Waals surface area contributed by atoms with Crippen LogP contribution in [0, 0.1) is 5.92 Å². The third-order valence-electron chi connectivity index (χ3n) is 4.97. The third-order valence-corrected chi connectivity index (χ3v) is 4.97. The summed E-state index contributed by atoms with van der Waals surface area (Å²) in [6, 6.07) is 8.16. The monoisotopic (exact) mass is 326 g/mol. The van der Waals surface area contributed by atoms with E-state index in [4.69, 9.17) is 5.73 Å². The minimum absolute atomic E-state index is 0.00280. The molecule has 2 aromatic rings. The summed E-state index contributed by atoms with van der Waals surface area (Å²) in [6.07, 6.45) is 7.79. The van der Waals surface area contributed by atoms with Gasteiger partial charge in [-0.1, -0.05) is 13.0 Å². The molecule has 1 saturated heterocycles. The first kappa shape index (κ1) is 16.7. The summed E-state index contributed by atoms with van der Waals surface area (Å²) in [4.78, 5) is 18.9. The zero-order valence-corrected chi connectivity index (χ0v) is 14.2. The highest BCUT2D eigenvalue weighted by Crippen LogP contribution is 2.27. The van der Waals surface area contributed by atoms with Crippen molar-refractivity contribution in [3.63, 3.8) is 0 Å². The van der Waals surface area contributed by atoms with Crippen molar-refractivity contribution in [3.8, 4) is 0 Å². The number of carbonyl (C=O) groups excluding carboxylic acids is 1. The Morgan fingerprint density at radius 3 is 3.08 bits per heavy atom. The van der Waals surface area contributed by atoms with Crippen molar-refractivity contribution in [3.05, 3.63) is 36.7 Å². The number of benzene rings is 1. The second kappa shape index (κ2) is 7.62. The molecule has 0 unspecified atom stereocenters. The number of fused-ring (bicyclic) bond motifs is 1. The molecule has 1 fully saturated rings. The number of rotatable bonds is 4. The van der Waals surface area contributed by atoms with E-state index in [0.717, 1.165) is 42.3 Å². The maximum Gasteiger partial charge on any atom is 0.322 e. The number of carbonyl (C=O) groups is 1. The molecule has 2 amide bonds. The van der Waals surface area contributed by atoms with Crippen molar-refractivity contribution in [2.45, 2.75) is 38.6 Å². The molecule has 3 rings (SSSR count). The molecule has 24 heavy (non-hydrogen) atoms. The van der Waals surface area contributed by atoms with Gasteiger partial charge in [0.25, 0.3) is 0 Å². The molecule has 2 atom stereocenters. The van der Waals surface area contributed by atoms with Gasteiger partial charge >= 0.3 is 6.03 Å². The second-order valence-electron chi connectivity index (χ2n) is 6.68. The van der Waals surface area contributed by atoms with Crippen LogP contribution >= 0.6 is 0 Å². The molecule has 0 saturated carbocycles. The van der Waals surface area contributed by atoms with Crippen LogP contribution < -0.4 is 11.1 Å². The van der Waals surface area contributed by atoms with Gasteiger partial charge in [-0.25, -0.2) is 4.79 Å². The average molecular weight is 326 g/mol. The van der Waals surface area contributed by atoms with E-state index < -0.39 is 0 Å². The third kappa shape index (κ3) is 3.67. The number of nitrogens with zero attached hydrogens (tertiary/aromatic N) is 2. The molecule has 3 N–H and O–H groups in total. The highest BCUT2D eigenvalue weighted by Gasteiger charge is 2.31. The SMILES string of the molecule is C[C@@H]1CCCN(C(=O)Nc2ccc3cnccc3c2)[C@@H]1CCCN. The number of hydrogen-bond acceptors (Lipinski definition) is 3. The second-order valence-corrected chi connectivity index (χ2v) is 6.68. The first-order chi connectivity index (χ1) is 11.7. The van der Waals surface area contributed by atoms with E-state index >= 15 is 0 Å². The van der Waals surface area contributed by atoms with Gasteiger partial charge in [0.1, 0.15) is 0 Å². The maximum absolute atomic E-state index is 12.8. The fourth-order valence-electron chi connectivity index (χ4n) is 3.62. The number of urea groups is 1. The summed E-state index contributed by atoms with van der Waals surface area (Å²) in [5, 5.41) is 5.22. The zero-order valence-electron chi connectivity index (χ0n) is 14.2. The molecule has 5 heteroatoms. The van der Waals surface area contributed by atoms with Crippen molar-refractivity contribution in [1.29, 1.82) is 0 Å². The Kier molecular flexibility index (Phi) is 5.30. The normalized spacial score (nSPS) is 21.0. The van der Waals surface area contributed by atoms with E-state index in [1.165, 1.54) is 6.42 Å². The van der Waals surface area contributed by atoms with Crippen LogP contribution in [0.25, 0.3) is 10.8 Å². The lowest BCUT2D eigenvalue weighted by Gasteiger charge is -2.40. The molecule has 0 bridgehead atoms. The van der Waals surface area contributed by atoms with Gasteiger partial charge in [-0.3, -0.25) is 4.98 Å². The lowest BCUT2D eigenvalue weighted by atomic mass is 9.88. The number of amides is 2. The van der Waals surface area contributed by atoms with E-state index in [-0.39, 0.29) is 12.1 Å². The molecule has 1 aliphatic heterocycles. The van der Waals surface area contributed by atoms with Gasteiger partial charge in [-0.2, -0.15) is 0 Å². The highest BCUT2D eigenvalue weighted by atomic mass is 16.2. The van der Waals surface area contributed by atoms with E-state index in [2.05, 4.69) is 17.2 Å². The van der Waals surface area contributed by atoms with Gasteiger partial charge in [0.05, 0.1) is 0 Å². The minimum Gasteiger partial charge on any atom is -0.330 e. The molecule has 5 nitrogen and oxygen atoms in total. The molecule has 1 aliphatic rings. The molecule has 1 aromatic carbocycles. The Balaban J connectivity index is 1.73. The summed E-state index contributed by atoms with van der Waals surface area (Å²) < 4.78 is 0. The Hall–Kier alpha value is -2.14. The minimum atomic E-state index is -0.00280. The quantitative estimate of drug-likeness (QED) is 0.901. The molecule has 0 radical (unpaired) electrons. The molecule has 0 spiro atoms. The van der Waals surface area contributed by atoms with Gasteiger partial charge in [-0.15, -0.1) is 0 Å². The van der Waals surface area contributed by atoms with Crippen LogP contribution in [-0.2, 0) is 0 Å². The lowest BCUT2D eigenvalue weighted by Crippen LogP contribution is -2.49. The number of anilines is 1. The summed E-state index contributed by atoms with van der Waals surface area (Å²) in [5.74, 6) is 0.527. The van der Waals surface area contributed by atoms with Crippen LogP contribution in [0.3, 0.4) is 0 Å². The predicted octanol–water partition coefficient (Wildman–Crippen LogP) is 3.61. The molecule has 0 aliphatic carbocycles. The summed E-state index contributed by atoms with van der Waals surface area (Å²) in [7, 11) is 0. The smallest absolute Gasteiger partial charge is 0.322 e. The lowest BCUT2D eigenvalue weighted by molar-refractivity contribution is 0.122. The van der Waals surface area contributed by atoms with E-state index in [1.807, 2.05) is 35.4 Å². The van der Waals surface area contributed by atoms with Crippen LogP contribution in [0.4, 0.5) is 10.5 Å². The molecule has 1 aromatic heterocycles. The van der Waals surface area contributed by atoms with Crippen molar-refractivity contribution in [2.75, 3.05) is 18.4 Å². The maximum atomic E-state index is 12.8. The van der Waals surface area contributed by atoms with Gasteiger partial charge < -0.3 is 16.0 Å². The van der Waals surface area contributed by atoms with Gasteiger partial charge in [0.2, 0.25) is 0 Å². The number of pyridine rings is 1. The number of piperidine rings is 1. The Morgan fingerprint density at radius 1 is 1.38 bits per heavy atom. The van der Waals surface area contributed by atoms with Gasteiger partial charge in [0.15, 0.2) is 0 Å². The van der Waals surface area contributed by atoms with Gasteiger partial charge in [-0.05, 0) is 61.7 Å². The van der Waals surface area contributed by atoms with Gasteiger partial charge in [0, 0.05) is 36.1 Å². The highest BCUT2D eigenvalue weighted by molar-refractivity contribution is 5.93. The molecular formula is C19H26N4O. The van der Waals surface area contributed by atoms with Crippen LogP contribution in [-0.4, -0.2) is 35.0 Å². The number of nitrogens with one attached hydrogen (secondary N) is 1. The number of hydrogen-bond donors (Lipinski definition) is 2. The van der Waals surface area contributed by atoms with Crippen LogP contribution in [0.15, 0.2) is 36.7 Å².